The molecule has 3 heteroatoms. The van der Waals surface area contributed by atoms with E-state index >= 15 is 0 Å². The number of rotatable bonds is 4. The number of nitrogens with two attached hydrogens (primary N) is 1. The summed E-state index contributed by atoms with van der Waals surface area (Å²) in [7, 11) is 0. The van der Waals surface area contributed by atoms with Crippen LogP contribution in [0.15, 0.2) is 11.6 Å². The molecule has 18 heavy (non-hydrogen) atoms. The molecule has 0 heterocycles. The van der Waals surface area contributed by atoms with Gasteiger partial charge in [-0.15, -0.1) is 0 Å². The Bertz CT molecular complexity index is 316. The quantitative estimate of drug-likeness (QED) is 0.754. The average molecular weight is 250 g/mol. The van der Waals surface area contributed by atoms with Crippen molar-refractivity contribution in [1.29, 1.82) is 0 Å². The van der Waals surface area contributed by atoms with Gasteiger partial charge in [0, 0.05) is 6.54 Å². The molecule has 0 aromatic carbocycles. The van der Waals surface area contributed by atoms with Crippen LogP contribution in [0.5, 0.6) is 0 Å². The molecular weight excluding hydrogens is 224 g/mol. The zero-order valence-corrected chi connectivity index (χ0v) is 11.3. The second-order valence-electron chi connectivity index (χ2n) is 5.83. The van der Waals surface area contributed by atoms with Crippen LogP contribution in [0.1, 0.15) is 64.2 Å². The maximum absolute atomic E-state index is 12.1. The Kier molecular flexibility index (Phi) is 4.81. The van der Waals surface area contributed by atoms with Gasteiger partial charge < -0.3 is 11.1 Å². The number of hydrogen-bond acceptors (Lipinski definition) is 2. The molecule has 102 valence electrons. The molecule has 3 N–H and O–H groups in total. The summed E-state index contributed by atoms with van der Waals surface area (Å²) < 4.78 is 0. The van der Waals surface area contributed by atoms with E-state index in [-0.39, 0.29) is 5.91 Å². The minimum absolute atomic E-state index is 0.0682. The Morgan fingerprint density at radius 1 is 1.22 bits per heavy atom. The summed E-state index contributed by atoms with van der Waals surface area (Å²) in [5, 5.41) is 3.04. The van der Waals surface area contributed by atoms with Gasteiger partial charge >= 0.3 is 0 Å². The van der Waals surface area contributed by atoms with Crippen LogP contribution in [-0.4, -0.2) is 18.0 Å². The van der Waals surface area contributed by atoms with Crippen LogP contribution in [0, 0.1) is 0 Å². The standard InChI is InChI=1S/C15H26N2O/c16-15(10-5-2-6-11-15)14(18)17-12-9-13-7-3-1-4-8-13/h7H,1-6,8-12,16H2,(H,17,18). The first-order chi connectivity index (χ1) is 8.71. The average Bonchev–Trinajstić information content (AvgIpc) is 2.41. The predicted octanol–water partition coefficient (Wildman–Crippen LogP) is 2.65. The van der Waals surface area contributed by atoms with Crippen LogP contribution in [-0.2, 0) is 4.79 Å². The van der Waals surface area contributed by atoms with E-state index < -0.39 is 5.54 Å². The molecular formula is C15H26N2O. The molecule has 2 aliphatic carbocycles. The molecule has 0 saturated heterocycles. The third-order valence-corrected chi connectivity index (χ3v) is 4.31. The van der Waals surface area contributed by atoms with E-state index in [0.29, 0.717) is 0 Å². The van der Waals surface area contributed by atoms with Gasteiger partial charge in [-0.25, -0.2) is 0 Å². The molecule has 3 nitrogen and oxygen atoms in total. The number of carbonyl (C=O) groups is 1. The minimum atomic E-state index is -0.584. The zero-order chi connectivity index (χ0) is 12.8. The van der Waals surface area contributed by atoms with Gasteiger partial charge in [-0.05, 0) is 44.9 Å². The molecule has 0 aromatic heterocycles. The van der Waals surface area contributed by atoms with Crippen LogP contribution in [0.4, 0.5) is 0 Å². The zero-order valence-electron chi connectivity index (χ0n) is 11.3. The van der Waals surface area contributed by atoms with E-state index in [0.717, 1.165) is 38.6 Å². The largest absolute Gasteiger partial charge is 0.354 e. The fourth-order valence-corrected chi connectivity index (χ4v) is 3.05. The SMILES string of the molecule is NC1(C(=O)NCCC2=CCCCC2)CCCCC1. The monoisotopic (exact) mass is 250 g/mol. The van der Waals surface area contributed by atoms with Gasteiger partial charge in [0.05, 0.1) is 5.54 Å². The van der Waals surface area contributed by atoms with Crippen LogP contribution in [0.3, 0.4) is 0 Å². The lowest BCUT2D eigenvalue weighted by atomic mass is 9.82. The molecule has 1 fully saturated rings. The van der Waals surface area contributed by atoms with Gasteiger partial charge in [0.25, 0.3) is 0 Å². The molecule has 1 saturated carbocycles. The maximum Gasteiger partial charge on any atom is 0.240 e. The molecule has 1 amide bonds. The lowest BCUT2D eigenvalue weighted by molar-refractivity contribution is -0.127. The molecule has 0 bridgehead atoms. The number of allylic oxidation sites excluding steroid dienone is 1. The Labute approximate surface area is 110 Å². The molecule has 0 unspecified atom stereocenters. The summed E-state index contributed by atoms with van der Waals surface area (Å²) in [5.41, 5.74) is 7.12. The van der Waals surface area contributed by atoms with Crippen molar-refractivity contribution in [3.63, 3.8) is 0 Å². The highest BCUT2D eigenvalue weighted by Crippen LogP contribution is 2.26. The van der Waals surface area contributed by atoms with Gasteiger partial charge in [0.15, 0.2) is 0 Å². The van der Waals surface area contributed by atoms with Crippen molar-refractivity contribution in [3.05, 3.63) is 11.6 Å². The van der Waals surface area contributed by atoms with E-state index in [1.807, 2.05) is 0 Å². The Hall–Kier alpha value is -0.830. The second kappa shape index (κ2) is 6.37. The van der Waals surface area contributed by atoms with Crippen molar-refractivity contribution in [2.75, 3.05) is 6.54 Å². The third-order valence-electron chi connectivity index (χ3n) is 4.31. The van der Waals surface area contributed by atoms with Crippen molar-refractivity contribution < 1.29 is 4.79 Å². The number of hydrogen-bond donors (Lipinski definition) is 2. The van der Waals surface area contributed by atoms with Crippen LogP contribution >= 0.6 is 0 Å². The van der Waals surface area contributed by atoms with E-state index in [1.165, 1.54) is 37.7 Å². The lowest BCUT2D eigenvalue weighted by Crippen LogP contribution is -2.55. The normalized spacial score (nSPS) is 23.3. The van der Waals surface area contributed by atoms with Gasteiger partial charge in [-0.2, -0.15) is 0 Å². The molecule has 0 aliphatic heterocycles. The van der Waals surface area contributed by atoms with Gasteiger partial charge in [0.1, 0.15) is 0 Å². The van der Waals surface area contributed by atoms with Gasteiger partial charge in [-0.1, -0.05) is 30.9 Å². The van der Waals surface area contributed by atoms with Crippen molar-refractivity contribution in [2.45, 2.75) is 69.7 Å². The van der Waals surface area contributed by atoms with Crippen LogP contribution < -0.4 is 11.1 Å². The highest BCUT2D eigenvalue weighted by atomic mass is 16.2. The van der Waals surface area contributed by atoms with Crippen molar-refractivity contribution in [2.24, 2.45) is 5.73 Å². The minimum Gasteiger partial charge on any atom is -0.354 e. The molecule has 0 atom stereocenters. The molecule has 0 radical (unpaired) electrons. The van der Waals surface area contributed by atoms with Crippen molar-refractivity contribution >= 4 is 5.91 Å². The number of nitrogens with one attached hydrogen (secondary N) is 1. The topological polar surface area (TPSA) is 55.1 Å². The fourth-order valence-electron chi connectivity index (χ4n) is 3.05. The fraction of sp³-hybridized carbons (Fsp3) is 0.800. The smallest absolute Gasteiger partial charge is 0.240 e. The first-order valence-corrected chi connectivity index (χ1v) is 7.46. The Morgan fingerprint density at radius 2 is 2.00 bits per heavy atom. The summed E-state index contributed by atoms with van der Waals surface area (Å²) in [5.74, 6) is 0.0682. The first-order valence-electron chi connectivity index (χ1n) is 7.46. The summed E-state index contributed by atoms with van der Waals surface area (Å²) in [4.78, 5) is 12.1. The lowest BCUT2D eigenvalue weighted by Gasteiger charge is -2.31. The van der Waals surface area contributed by atoms with E-state index in [4.69, 9.17) is 5.73 Å². The van der Waals surface area contributed by atoms with E-state index in [1.54, 1.807) is 0 Å². The Morgan fingerprint density at radius 3 is 2.67 bits per heavy atom. The predicted molar refractivity (Wildman–Crippen MR) is 74.2 cm³/mol. The maximum atomic E-state index is 12.1. The number of amides is 1. The number of carbonyl (C=O) groups excluding carboxylic acids is 1. The van der Waals surface area contributed by atoms with Crippen LogP contribution in [0.25, 0.3) is 0 Å². The van der Waals surface area contributed by atoms with Crippen molar-refractivity contribution in [1.82, 2.24) is 5.32 Å². The van der Waals surface area contributed by atoms with Crippen LogP contribution in [0.2, 0.25) is 0 Å². The van der Waals surface area contributed by atoms with Gasteiger partial charge in [-0.3, -0.25) is 4.79 Å². The summed E-state index contributed by atoms with van der Waals surface area (Å²) in [6, 6.07) is 0. The molecule has 0 aromatic rings. The summed E-state index contributed by atoms with van der Waals surface area (Å²) in [6.45, 7) is 0.754. The van der Waals surface area contributed by atoms with E-state index in [9.17, 15) is 4.79 Å². The Balaban J connectivity index is 1.72. The highest BCUT2D eigenvalue weighted by Gasteiger charge is 2.34. The summed E-state index contributed by atoms with van der Waals surface area (Å²) >= 11 is 0. The van der Waals surface area contributed by atoms with Crippen molar-refractivity contribution in [3.8, 4) is 0 Å². The third kappa shape index (κ3) is 3.58. The first kappa shape index (κ1) is 13.6. The highest BCUT2D eigenvalue weighted by molar-refractivity contribution is 5.86. The van der Waals surface area contributed by atoms with E-state index in [2.05, 4.69) is 11.4 Å². The molecule has 2 rings (SSSR count). The molecule has 0 spiro atoms. The molecule has 2 aliphatic rings. The second-order valence-corrected chi connectivity index (χ2v) is 5.83. The summed E-state index contributed by atoms with van der Waals surface area (Å²) in [6.07, 6.45) is 13.5. The van der Waals surface area contributed by atoms with Gasteiger partial charge in [0.2, 0.25) is 5.91 Å².